The fourth-order valence-electron chi connectivity index (χ4n) is 10.9. The molecule has 2 saturated heterocycles. The van der Waals surface area contributed by atoms with Crippen molar-refractivity contribution in [3.05, 3.63) is 140 Å². The van der Waals surface area contributed by atoms with Gasteiger partial charge in [-0.3, -0.25) is 38.9 Å². The van der Waals surface area contributed by atoms with Crippen LogP contribution in [0.15, 0.2) is 94.8 Å². The Morgan fingerprint density at radius 2 is 1.06 bits per heavy atom. The number of pyridine rings is 4. The van der Waals surface area contributed by atoms with Crippen LogP contribution in [0.3, 0.4) is 0 Å². The molecule has 8 atom stereocenters. The van der Waals surface area contributed by atoms with E-state index in [1.54, 1.807) is 12.4 Å². The number of aliphatic hydroxyl groups is 2. The van der Waals surface area contributed by atoms with Crippen molar-refractivity contribution < 1.29 is 19.8 Å². The van der Waals surface area contributed by atoms with E-state index in [9.17, 15) is 29.4 Å². The van der Waals surface area contributed by atoms with Gasteiger partial charge < -0.3 is 30.0 Å². The number of hydrogen-bond acceptors (Lipinski definition) is 10. The number of likely N-dealkylation sites (tertiary alicyclic amines) is 2. The van der Waals surface area contributed by atoms with Crippen molar-refractivity contribution in [1.29, 1.82) is 0 Å². The Labute approximate surface area is 373 Å². The lowest BCUT2D eigenvalue weighted by atomic mass is 9.88. The highest BCUT2D eigenvalue weighted by Crippen LogP contribution is 2.51. The highest BCUT2D eigenvalue weighted by molar-refractivity contribution is 5.83. The Morgan fingerprint density at radius 1 is 0.641 bits per heavy atom. The van der Waals surface area contributed by atoms with Crippen molar-refractivity contribution in [3.8, 4) is 0 Å². The standard InChI is InChI=1S/2C25H30N4O3/c2*1-2-5-17-9-10-21-22-19(14-28(21)25(17)32)20(15-30)23(24(31)27-12-16-7-8-16)29(22)13-18-6-3-4-11-26-18/h2*2-6,9-11,16,19-20,22-23,30H,7-8,12-15H2,1H3,(H,27,31)/b5-2+;5-2-/t2*19-,20-,22+,23-/m11/s1. The van der Waals surface area contributed by atoms with Crippen LogP contribution in [0, 0.1) is 35.5 Å². The predicted molar refractivity (Wildman–Crippen MR) is 243 cm³/mol. The summed E-state index contributed by atoms with van der Waals surface area (Å²) in [5.74, 6) is 0.617. The molecule has 4 fully saturated rings. The largest absolute Gasteiger partial charge is 0.396 e. The van der Waals surface area contributed by atoms with Gasteiger partial charge in [-0.2, -0.15) is 0 Å². The van der Waals surface area contributed by atoms with E-state index in [0.717, 1.165) is 22.8 Å². The third-order valence-electron chi connectivity index (χ3n) is 14.3. The SMILES string of the molecule is C/C=C/c1ccc2n(c1=O)C[C@@H]1[C@@H](CO)[C@H](C(=O)NCC3CC3)N(Cc3ccccn3)[C@H]21.C/C=C\c1ccc2n(c1=O)C[C@@H]1[C@@H](CO)[C@H](C(=O)NCC3CC3)N(Cc3ccccn3)[C@H]21. The van der Waals surface area contributed by atoms with Crippen LogP contribution in [0.4, 0.5) is 0 Å². The van der Waals surface area contributed by atoms with Gasteiger partial charge in [-0.05, 0) is 99.9 Å². The number of aromatic nitrogens is 4. The van der Waals surface area contributed by atoms with Crippen molar-refractivity contribution in [2.45, 2.75) is 89.9 Å². The van der Waals surface area contributed by atoms with Gasteiger partial charge in [0.05, 0.1) is 35.6 Å². The van der Waals surface area contributed by atoms with Crippen LogP contribution in [-0.2, 0) is 35.8 Å². The minimum Gasteiger partial charge on any atom is -0.396 e. The summed E-state index contributed by atoms with van der Waals surface area (Å²) in [6.07, 6.45) is 15.6. The second-order valence-electron chi connectivity index (χ2n) is 18.4. The molecule has 0 aromatic carbocycles. The van der Waals surface area contributed by atoms with E-state index in [0.29, 0.717) is 62.2 Å². The third kappa shape index (κ3) is 8.56. The zero-order chi connectivity index (χ0) is 44.5. The molecule has 6 aliphatic rings. The molecule has 2 amide bonds. The summed E-state index contributed by atoms with van der Waals surface area (Å²) >= 11 is 0. The van der Waals surface area contributed by atoms with Crippen LogP contribution in [-0.4, -0.2) is 89.3 Å². The van der Waals surface area contributed by atoms with Crippen molar-refractivity contribution in [2.24, 2.45) is 35.5 Å². The molecule has 0 bridgehead atoms. The van der Waals surface area contributed by atoms with Gasteiger partial charge >= 0.3 is 0 Å². The van der Waals surface area contributed by atoms with E-state index < -0.39 is 12.1 Å². The summed E-state index contributed by atoms with van der Waals surface area (Å²) in [4.78, 5) is 66.1. The molecule has 4 aromatic heterocycles. The van der Waals surface area contributed by atoms with Gasteiger partial charge in [-0.15, -0.1) is 0 Å². The molecule has 64 heavy (non-hydrogen) atoms. The average molecular weight is 869 g/mol. The van der Waals surface area contributed by atoms with E-state index in [2.05, 4.69) is 30.4 Å². The normalized spacial score (nSPS) is 26.9. The zero-order valence-corrected chi connectivity index (χ0v) is 36.7. The molecule has 8 heterocycles. The van der Waals surface area contributed by atoms with Crippen LogP contribution in [0.1, 0.15) is 85.5 Å². The Hall–Kier alpha value is -5.54. The fraction of sp³-hybridized carbons (Fsp3) is 0.480. The second kappa shape index (κ2) is 18.9. The molecule has 4 aromatic rings. The smallest absolute Gasteiger partial charge is 0.258 e. The van der Waals surface area contributed by atoms with Crippen molar-refractivity contribution in [3.63, 3.8) is 0 Å². The number of aliphatic hydroxyl groups excluding tert-OH is 2. The third-order valence-corrected chi connectivity index (χ3v) is 14.3. The van der Waals surface area contributed by atoms with Crippen LogP contribution in [0.5, 0.6) is 0 Å². The first-order valence-electron chi connectivity index (χ1n) is 23.1. The van der Waals surface area contributed by atoms with Crippen LogP contribution < -0.4 is 21.8 Å². The number of nitrogens with one attached hydrogen (secondary N) is 2. The Kier molecular flexibility index (Phi) is 12.9. The first-order valence-corrected chi connectivity index (χ1v) is 23.1. The van der Waals surface area contributed by atoms with Gasteiger partial charge in [0.2, 0.25) is 11.8 Å². The first-order chi connectivity index (χ1) is 31.2. The van der Waals surface area contributed by atoms with Crippen LogP contribution >= 0.6 is 0 Å². The number of carbonyl (C=O) groups excluding carboxylic acids is 2. The maximum Gasteiger partial charge on any atom is 0.258 e. The summed E-state index contributed by atoms with van der Waals surface area (Å²) < 4.78 is 3.66. The van der Waals surface area contributed by atoms with Gasteiger partial charge in [-0.25, -0.2) is 0 Å². The van der Waals surface area contributed by atoms with Crippen molar-refractivity contribution >= 4 is 24.0 Å². The lowest BCUT2D eigenvalue weighted by molar-refractivity contribution is -0.128. The molecule has 0 spiro atoms. The highest BCUT2D eigenvalue weighted by Gasteiger charge is 2.57. The monoisotopic (exact) mass is 868 g/mol. The summed E-state index contributed by atoms with van der Waals surface area (Å²) in [5, 5.41) is 27.0. The minimum absolute atomic E-state index is 0.00561. The number of rotatable bonds is 14. The van der Waals surface area contributed by atoms with E-state index >= 15 is 0 Å². The number of allylic oxidation sites excluding steroid dienone is 2. The lowest BCUT2D eigenvalue weighted by Gasteiger charge is -2.30. The summed E-state index contributed by atoms with van der Waals surface area (Å²) in [7, 11) is 0. The van der Waals surface area contributed by atoms with Crippen molar-refractivity contribution in [2.75, 3.05) is 26.3 Å². The molecule has 4 aliphatic heterocycles. The number of nitrogens with zero attached hydrogens (tertiary/aromatic N) is 6. The number of carbonyl (C=O) groups is 2. The van der Waals surface area contributed by atoms with E-state index in [1.807, 2.05) is 108 Å². The molecule has 14 nitrogen and oxygen atoms in total. The van der Waals surface area contributed by atoms with Gasteiger partial charge in [-0.1, -0.05) is 36.4 Å². The van der Waals surface area contributed by atoms with Crippen LogP contribution in [0.2, 0.25) is 0 Å². The van der Waals surface area contributed by atoms with Gasteiger partial charge in [0.15, 0.2) is 0 Å². The van der Waals surface area contributed by atoms with Crippen molar-refractivity contribution in [1.82, 2.24) is 39.5 Å². The molecular weight excluding hydrogens is 809 g/mol. The zero-order valence-electron chi connectivity index (χ0n) is 36.7. The van der Waals surface area contributed by atoms with Gasteiger partial charge in [0.25, 0.3) is 11.1 Å². The number of amides is 2. The summed E-state index contributed by atoms with van der Waals surface area (Å²) in [6.45, 7) is 7.02. The molecule has 0 radical (unpaired) electrons. The maximum absolute atomic E-state index is 13.3. The Morgan fingerprint density at radius 3 is 1.41 bits per heavy atom. The van der Waals surface area contributed by atoms with Gasteiger partial charge in [0, 0.05) is 111 Å². The molecule has 10 rings (SSSR count). The highest BCUT2D eigenvalue weighted by atomic mass is 16.3. The Bertz CT molecular complexity index is 2330. The number of hydrogen-bond donors (Lipinski definition) is 4. The molecular formula is C50H60N8O6. The first kappa shape index (κ1) is 43.7. The van der Waals surface area contributed by atoms with Crippen LogP contribution in [0.25, 0.3) is 12.2 Å². The molecule has 336 valence electrons. The minimum atomic E-state index is -0.449. The average Bonchev–Trinajstić information content (AvgIpc) is 4.20. The van der Waals surface area contributed by atoms with E-state index in [-0.39, 0.29) is 71.9 Å². The molecule has 14 heteroatoms. The van der Waals surface area contributed by atoms with E-state index in [1.165, 1.54) is 25.7 Å². The van der Waals surface area contributed by atoms with E-state index in [4.69, 9.17) is 0 Å². The summed E-state index contributed by atoms with van der Waals surface area (Å²) in [6, 6.07) is 18.2. The topological polar surface area (TPSA) is 175 Å². The van der Waals surface area contributed by atoms with Gasteiger partial charge in [0.1, 0.15) is 0 Å². The predicted octanol–water partition coefficient (Wildman–Crippen LogP) is 3.93. The Balaban J connectivity index is 0.000000162. The molecule has 4 N–H and O–H groups in total. The second-order valence-corrected chi connectivity index (χ2v) is 18.4. The number of fused-ring (bicyclic) bond motifs is 6. The quantitative estimate of drug-likeness (QED) is 0.146. The lowest BCUT2D eigenvalue weighted by Crippen LogP contribution is -2.48. The fourth-order valence-corrected chi connectivity index (χ4v) is 10.9. The molecule has 0 unspecified atom stereocenters. The summed E-state index contributed by atoms with van der Waals surface area (Å²) in [5.41, 5.74) is 4.87. The maximum atomic E-state index is 13.3. The molecule has 2 aliphatic carbocycles. The molecule has 2 saturated carbocycles.